The van der Waals surface area contributed by atoms with Crippen LogP contribution in [-0.4, -0.2) is 57.0 Å². The summed E-state index contributed by atoms with van der Waals surface area (Å²) < 4.78 is 0. The number of rotatable bonds is 4. The Kier molecular flexibility index (Phi) is 4.57. The molecule has 31 heavy (non-hydrogen) atoms. The molecule has 9 heteroatoms. The number of aliphatic imine (C=N–C) groups is 1. The van der Waals surface area contributed by atoms with Crippen molar-refractivity contribution in [3.8, 4) is 11.1 Å². The maximum absolute atomic E-state index is 5.02. The highest BCUT2D eigenvalue weighted by Gasteiger charge is 2.25. The van der Waals surface area contributed by atoms with E-state index in [0.717, 1.165) is 88.0 Å². The van der Waals surface area contributed by atoms with Gasteiger partial charge in [0.05, 0.1) is 23.1 Å². The molecule has 0 radical (unpaired) electrons. The average molecular weight is 433 g/mol. The normalized spacial score (nSPS) is 17.0. The zero-order chi connectivity index (χ0) is 20.8. The molecule has 0 atom stereocenters. The van der Waals surface area contributed by atoms with E-state index in [9.17, 15) is 0 Å². The predicted molar refractivity (Wildman–Crippen MR) is 125 cm³/mol. The topological polar surface area (TPSA) is 97.9 Å². The summed E-state index contributed by atoms with van der Waals surface area (Å²) in [4.78, 5) is 20.5. The number of pyridine rings is 1. The quantitative estimate of drug-likeness (QED) is 0.457. The highest BCUT2D eigenvalue weighted by atomic mass is 32.1. The van der Waals surface area contributed by atoms with Crippen molar-refractivity contribution < 1.29 is 0 Å². The summed E-state index contributed by atoms with van der Waals surface area (Å²) in [6.07, 6.45) is 11.7. The minimum Gasteiger partial charge on any atom is -0.359 e. The molecule has 4 aromatic rings. The Morgan fingerprint density at radius 2 is 2.06 bits per heavy atom. The van der Waals surface area contributed by atoms with Gasteiger partial charge in [-0.3, -0.25) is 10.1 Å². The molecular weight excluding hydrogens is 408 g/mol. The van der Waals surface area contributed by atoms with Gasteiger partial charge in [0.1, 0.15) is 10.7 Å². The third-order valence-corrected chi connectivity index (χ3v) is 7.42. The van der Waals surface area contributed by atoms with Crippen molar-refractivity contribution >= 4 is 38.1 Å². The monoisotopic (exact) mass is 432 g/mol. The first-order valence-corrected chi connectivity index (χ1v) is 11.6. The smallest absolute Gasteiger partial charge is 0.187 e. The van der Waals surface area contributed by atoms with Gasteiger partial charge < -0.3 is 15.2 Å². The molecule has 2 aliphatic rings. The second-order valence-corrected chi connectivity index (χ2v) is 9.13. The van der Waals surface area contributed by atoms with Crippen LogP contribution < -0.4 is 10.2 Å². The largest absolute Gasteiger partial charge is 0.359 e. The fraction of sp³-hybridized carbons (Fsp3) is 0.364. The van der Waals surface area contributed by atoms with Crippen molar-refractivity contribution in [1.82, 2.24) is 30.5 Å². The van der Waals surface area contributed by atoms with Crippen molar-refractivity contribution in [2.75, 3.05) is 25.0 Å². The number of hydrogen-bond donors (Lipinski definition) is 3. The lowest BCUT2D eigenvalue weighted by Gasteiger charge is -2.31. The molecule has 0 saturated carbocycles. The molecule has 0 aliphatic carbocycles. The van der Waals surface area contributed by atoms with Crippen molar-refractivity contribution in [1.29, 1.82) is 0 Å². The lowest BCUT2D eigenvalue weighted by Crippen LogP contribution is -2.41. The molecule has 0 aromatic carbocycles. The van der Waals surface area contributed by atoms with Gasteiger partial charge in [-0.2, -0.15) is 5.10 Å². The molecule has 1 fully saturated rings. The van der Waals surface area contributed by atoms with Crippen LogP contribution in [0.3, 0.4) is 0 Å². The van der Waals surface area contributed by atoms with Crippen LogP contribution >= 0.6 is 11.3 Å². The first-order chi connectivity index (χ1) is 15.3. The van der Waals surface area contributed by atoms with E-state index >= 15 is 0 Å². The van der Waals surface area contributed by atoms with E-state index in [0.29, 0.717) is 6.04 Å². The SMILES string of the molecule is CN(c1nc2c(s1)N=C(c1ncc(-c3cn[nH]c3)c3cc[nH]c13)CC2)C1CCNCC1. The molecule has 158 valence electrons. The van der Waals surface area contributed by atoms with Gasteiger partial charge in [-0.1, -0.05) is 11.3 Å². The zero-order valence-electron chi connectivity index (χ0n) is 17.4. The molecule has 6 heterocycles. The average Bonchev–Trinajstić information content (AvgIpc) is 3.58. The molecule has 2 aliphatic heterocycles. The maximum atomic E-state index is 5.02. The number of aromatic amines is 2. The Hall–Kier alpha value is -3.04. The lowest BCUT2D eigenvalue weighted by atomic mass is 10.0. The summed E-state index contributed by atoms with van der Waals surface area (Å²) in [5.74, 6) is 0. The van der Waals surface area contributed by atoms with Crippen molar-refractivity contribution in [2.24, 2.45) is 4.99 Å². The second kappa shape index (κ2) is 7.58. The van der Waals surface area contributed by atoms with Crippen molar-refractivity contribution in [2.45, 2.75) is 31.7 Å². The van der Waals surface area contributed by atoms with Gasteiger partial charge >= 0.3 is 0 Å². The first kappa shape index (κ1) is 18.7. The van der Waals surface area contributed by atoms with E-state index in [-0.39, 0.29) is 0 Å². The Morgan fingerprint density at radius 1 is 1.16 bits per heavy atom. The van der Waals surface area contributed by atoms with Gasteiger partial charge in [0, 0.05) is 48.2 Å². The minimum absolute atomic E-state index is 0.549. The van der Waals surface area contributed by atoms with E-state index in [1.807, 2.05) is 24.8 Å². The fourth-order valence-electron chi connectivity index (χ4n) is 4.57. The summed E-state index contributed by atoms with van der Waals surface area (Å²) in [6.45, 7) is 2.16. The highest BCUT2D eigenvalue weighted by Crippen LogP contribution is 2.39. The molecule has 6 rings (SSSR count). The van der Waals surface area contributed by atoms with Crippen LogP contribution in [0.5, 0.6) is 0 Å². The molecule has 0 bridgehead atoms. The first-order valence-electron chi connectivity index (χ1n) is 10.7. The van der Waals surface area contributed by atoms with Crippen LogP contribution in [0.4, 0.5) is 10.1 Å². The molecule has 0 amide bonds. The van der Waals surface area contributed by atoms with E-state index in [1.54, 1.807) is 11.3 Å². The Bertz CT molecular complexity index is 1250. The van der Waals surface area contributed by atoms with Gasteiger partial charge in [-0.25, -0.2) is 9.98 Å². The second-order valence-electron chi connectivity index (χ2n) is 8.17. The molecule has 1 saturated heterocycles. The van der Waals surface area contributed by atoms with Crippen LogP contribution in [0.1, 0.15) is 30.7 Å². The predicted octanol–water partition coefficient (Wildman–Crippen LogP) is 3.66. The lowest BCUT2D eigenvalue weighted by molar-refractivity contribution is 0.443. The third-order valence-electron chi connectivity index (χ3n) is 6.34. The number of piperidine rings is 1. The summed E-state index contributed by atoms with van der Waals surface area (Å²) >= 11 is 1.70. The highest BCUT2D eigenvalue weighted by molar-refractivity contribution is 7.19. The molecule has 0 unspecified atom stereocenters. The van der Waals surface area contributed by atoms with E-state index < -0.39 is 0 Å². The molecule has 0 spiro atoms. The fourth-order valence-corrected chi connectivity index (χ4v) is 5.61. The number of nitrogens with zero attached hydrogens (tertiary/aromatic N) is 5. The van der Waals surface area contributed by atoms with Gasteiger partial charge in [-0.05, 0) is 44.8 Å². The van der Waals surface area contributed by atoms with Crippen LogP contribution in [0.25, 0.3) is 22.0 Å². The van der Waals surface area contributed by atoms with Crippen LogP contribution in [0.15, 0.2) is 35.8 Å². The number of aromatic nitrogens is 5. The summed E-state index contributed by atoms with van der Waals surface area (Å²) in [5, 5.41) is 13.6. The Balaban J connectivity index is 1.35. The zero-order valence-corrected chi connectivity index (χ0v) is 18.2. The van der Waals surface area contributed by atoms with E-state index in [1.165, 1.54) is 0 Å². The van der Waals surface area contributed by atoms with Crippen molar-refractivity contribution in [3.05, 3.63) is 42.2 Å². The number of fused-ring (bicyclic) bond motifs is 2. The van der Waals surface area contributed by atoms with Gasteiger partial charge in [0.25, 0.3) is 0 Å². The van der Waals surface area contributed by atoms with Crippen LogP contribution in [-0.2, 0) is 6.42 Å². The van der Waals surface area contributed by atoms with Crippen LogP contribution in [0, 0.1) is 0 Å². The number of aryl methyl sites for hydroxylation is 1. The molecule has 4 aromatic heterocycles. The van der Waals surface area contributed by atoms with Crippen LogP contribution in [0.2, 0.25) is 0 Å². The molecular formula is C22H24N8S. The van der Waals surface area contributed by atoms with Gasteiger partial charge in [0.15, 0.2) is 5.13 Å². The number of anilines is 1. The van der Waals surface area contributed by atoms with Gasteiger partial charge in [0.2, 0.25) is 0 Å². The number of nitrogens with one attached hydrogen (secondary N) is 3. The number of thiazole rings is 1. The Labute approximate surface area is 183 Å². The van der Waals surface area contributed by atoms with E-state index in [2.05, 4.69) is 38.5 Å². The maximum Gasteiger partial charge on any atom is 0.187 e. The van der Waals surface area contributed by atoms with Crippen molar-refractivity contribution in [3.63, 3.8) is 0 Å². The molecule has 3 N–H and O–H groups in total. The number of H-pyrrole nitrogens is 2. The van der Waals surface area contributed by atoms with Gasteiger partial charge in [-0.15, -0.1) is 0 Å². The third kappa shape index (κ3) is 3.24. The summed E-state index contributed by atoms with van der Waals surface area (Å²) in [7, 11) is 2.17. The summed E-state index contributed by atoms with van der Waals surface area (Å²) in [5.41, 5.74) is 6.19. The standard InChI is InChI=1S/C22H24N8S/c1-30(14-4-7-23-8-5-14)22-29-18-3-2-17(28-21(18)31-22)20-19-15(6-9-24-19)16(12-25-20)13-10-26-27-11-13/h6,9-12,14,23-24H,2-5,7-8H2,1H3,(H,26,27). The summed E-state index contributed by atoms with van der Waals surface area (Å²) in [6, 6.07) is 2.64. The molecule has 8 nitrogen and oxygen atoms in total. The number of hydrogen-bond acceptors (Lipinski definition) is 7. The van der Waals surface area contributed by atoms with E-state index in [4.69, 9.17) is 15.0 Å². The Morgan fingerprint density at radius 3 is 2.90 bits per heavy atom. The minimum atomic E-state index is 0.549.